The number of carbonyl (C=O) groups is 2. The van der Waals surface area contributed by atoms with Gasteiger partial charge in [-0.2, -0.15) is 0 Å². The molecule has 0 spiro atoms. The van der Waals surface area contributed by atoms with E-state index in [1.165, 1.54) is 6.07 Å². The van der Waals surface area contributed by atoms with Crippen molar-refractivity contribution in [1.82, 2.24) is 4.90 Å². The fourth-order valence-electron chi connectivity index (χ4n) is 3.84. The molecule has 7 nitrogen and oxygen atoms in total. The van der Waals surface area contributed by atoms with Gasteiger partial charge in [-0.3, -0.25) is 9.69 Å². The summed E-state index contributed by atoms with van der Waals surface area (Å²) in [5.41, 5.74) is 4.32. The first-order valence-electron chi connectivity index (χ1n) is 10.5. The lowest BCUT2D eigenvalue weighted by Gasteiger charge is -2.47. The van der Waals surface area contributed by atoms with Gasteiger partial charge in [0.15, 0.2) is 11.4 Å². The number of likely N-dealkylation sites (tertiary alicyclic amines) is 1. The smallest absolute Gasteiger partial charge is 0.337 e. The number of ketones is 1. The molecule has 1 heterocycles. The lowest BCUT2D eigenvalue weighted by molar-refractivity contribution is -0.181. The lowest BCUT2D eigenvalue weighted by Crippen LogP contribution is -2.60. The Hall–Kier alpha value is -2.45. The van der Waals surface area contributed by atoms with E-state index in [2.05, 4.69) is 0 Å². The molecule has 2 atom stereocenters. The van der Waals surface area contributed by atoms with Crippen LogP contribution < -0.4 is 5.73 Å². The third-order valence-corrected chi connectivity index (χ3v) is 5.70. The van der Waals surface area contributed by atoms with E-state index in [4.69, 9.17) is 10.5 Å². The van der Waals surface area contributed by atoms with E-state index < -0.39 is 17.4 Å². The molecule has 1 fully saturated rings. The zero-order valence-electron chi connectivity index (χ0n) is 18.7. The monoisotopic (exact) mass is 436 g/mol. The van der Waals surface area contributed by atoms with Gasteiger partial charge in [0.2, 0.25) is 0 Å². The van der Waals surface area contributed by atoms with Crippen molar-refractivity contribution in [3.8, 4) is 5.75 Å². The number of aliphatic carboxylic acids is 1. The molecular weight excluding hydrogens is 403 g/mol. The molecular formula is C23H33FN2O5. The number of nitrogens with two attached hydrogens (primary N) is 1. The van der Waals surface area contributed by atoms with Crippen molar-refractivity contribution in [2.75, 3.05) is 26.2 Å². The highest BCUT2D eigenvalue weighted by molar-refractivity contribution is 5.98. The van der Waals surface area contributed by atoms with Gasteiger partial charge in [-0.05, 0) is 42.4 Å². The van der Waals surface area contributed by atoms with E-state index >= 15 is 0 Å². The Labute approximate surface area is 182 Å². The van der Waals surface area contributed by atoms with Gasteiger partial charge >= 0.3 is 5.97 Å². The van der Waals surface area contributed by atoms with Gasteiger partial charge in [-0.25, -0.2) is 9.18 Å². The Bertz CT molecular complexity index is 849. The van der Waals surface area contributed by atoms with Crippen LogP contribution in [0.5, 0.6) is 5.75 Å². The number of piperidine rings is 1. The Morgan fingerprint density at radius 2 is 2.06 bits per heavy atom. The van der Waals surface area contributed by atoms with Crippen LogP contribution in [0.1, 0.15) is 46.1 Å². The average Bonchev–Trinajstić information content (AvgIpc) is 2.67. The largest absolute Gasteiger partial charge is 0.507 e. The van der Waals surface area contributed by atoms with E-state index in [1.54, 1.807) is 4.90 Å². The summed E-state index contributed by atoms with van der Waals surface area (Å²) in [6, 6.07) is 3.32. The standard InChI is InChI=1S/C23H33FN2O5/c1-5-8-31-23(21(29)30)11-15(22(2,3)4)12-26(14-23)13-17(27)10-19(25)18-9-16(24)6-7-20(18)28/h6-7,9-10,15,28H,5,8,11-14,25H2,1-4H3,(H,29,30)/b19-10-/t15-,23+/m1/s1. The first-order valence-corrected chi connectivity index (χ1v) is 10.5. The highest BCUT2D eigenvalue weighted by Crippen LogP contribution is 2.39. The van der Waals surface area contributed by atoms with Gasteiger partial charge in [0, 0.05) is 37.0 Å². The van der Waals surface area contributed by atoms with Gasteiger partial charge in [0.1, 0.15) is 11.6 Å². The van der Waals surface area contributed by atoms with Gasteiger partial charge in [0.05, 0.1) is 6.54 Å². The second-order valence-electron chi connectivity index (χ2n) is 9.31. The maximum Gasteiger partial charge on any atom is 0.337 e. The fourth-order valence-corrected chi connectivity index (χ4v) is 3.84. The zero-order chi connectivity index (χ0) is 23.4. The third kappa shape index (κ3) is 6.27. The highest BCUT2D eigenvalue weighted by atomic mass is 19.1. The molecule has 0 aliphatic carbocycles. The van der Waals surface area contributed by atoms with Crippen molar-refractivity contribution in [2.24, 2.45) is 17.1 Å². The lowest BCUT2D eigenvalue weighted by atomic mass is 9.71. The van der Waals surface area contributed by atoms with Crippen LogP contribution in [0.4, 0.5) is 4.39 Å². The summed E-state index contributed by atoms with van der Waals surface area (Å²) in [4.78, 5) is 26.6. The SMILES string of the molecule is CCCO[C@@]1(C(=O)O)C[C@@H](C(C)(C)C)CN(CC(=O)/C=C(\N)c2cc(F)ccc2O)C1. The van der Waals surface area contributed by atoms with Crippen LogP contribution in [-0.4, -0.2) is 58.7 Å². The van der Waals surface area contributed by atoms with Crippen molar-refractivity contribution in [1.29, 1.82) is 0 Å². The van der Waals surface area contributed by atoms with E-state index in [-0.39, 0.29) is 47.2 Å². The summed E-state index contributed by atoms with van der Waals surface area (Å²) in [6.45, 7) is 8.92. The molecule has 1 aromatic rings. The normalized spacial score (nSPS) is 23.0. The van der Waals surface area contributed by atoms with E-state index in [0.29, 0.717) is 26.0 Å². The molecule has 0 radical (unpaired) electrons. The highest BCUT2D eigenvalue weighted by Gasteiger charge is 2.49. The summed E-state index contributed by atoms with van der Waals surface area (Å²) in [5, 5.41) is 19.9. The minimum Gasteiger partial charge on any atom is -0.507 e. The summed E-state index contributed by atoms with van der Waals surface area (Å²) < 4.78 is 19.3. The molecule has 1 saturated heterocycles. The van der Waals surface area contributed by atoms with E-state index in [0.717, 1.165) is 18.2 Å². The van der Waals surface area contributed by atoms with Crippen LogP contribution in [0.2, 0.25) is 0 Å². The van der Waals surface area contributed by atoms with Gasteiger partial charge in [-0.15, -0.1) is 0 Å². The number of ether oxygens (including phenoxy) is 1. The molecule has 0 aromatic heterocycles. The minimum atomic E-state index is -1.39. The van der Waals surface area contributed by atoms with Crippen LogP contribution in [-0.2, 0) is 14.3 Å². The van der Waals surface area contributed by atoms with Crippen molar-refractivity contribution in [3.05, 3.63) is 35.7 Å². The molecule has 172 valence electrons. The number of carbonyl (C=O) groups excluding carboxylic acids is 1. The molecule has 0 amide bonds. The van der Waals surface area contributed by atoms with E-state index in [9.17, 15) is 24.2 Å². The Morgan fingerprint density at radius 3 is 2.65 bits per heavy atom. The number of carboxylic acids is 1. The average molecular weight is 437 g/mol. The first-order chi connectivity index (χ1) is 14.4. The number of halogens is 1. The van der Waals surface area contributed by atoms with Crippen molar-refractivity contribution in [2.45, 2.75) is 46.1 Å². The Kier molecular flexibility index (Phi) is 7.83. The van der Waals surface area contributed by atoms with Crippen LogP contribution in [0.3, 0.4) is 0 Å². The predicted octanol–water partition coefficient (Wildman–Crippen LogP) is 3.02. The predicted molar refractivity (Wildman–Crippen MR) is 116 cm³/mol. The summed E-state index contributed by atoms with van der Waals surface area (Å²) >= 11 is 0. The number of carboxylic acid groups (broad SMARTS) is 1. The summed E-state index contributed by atoms with van der Waals surface area (Å²) in [7, 11) is 0. The first kappa shape index (κ1) is 24.8. The third-order valence-electron chi connectivity index (χ3n) is 5.70. The molecule has 4 N–H and O–H groups in total. The van der Waals surface area contributed by atoms with Crippen LogP contribution in [0.15, 0.2) is 24.3 Å². The number of phenols is 1. The minimum absolute atomic E-state index is 0.00408. The number of benzene rings is 1. The second kappa shape index (κ2) is 9.78. The molecule has 0 saturated carbocycles. The van der Waals surface area contributed by atoms with Gasteiger partial charge in [0.25, 0.3) is 0 Å². The molecule has 8 heteroatoms. The Balaban J connectivity index is 2.25. The molecule has 0 unspecified atom stereocenters. The van der Waals surface area contributed by atoms with Crippen LogP contribution in [0, 0.1) is 17.2 Å². The topological polar surface area (TPSA) is 113 Å². The number of aromatic hydroxyl groups is 1. The summed E-state index contributed by atoms with van der Waals surface area (Å²) in [6.07, 6.45) is 2.20. The molecule has 0 bridgehead atoms. The Morgan fingerprint density at radius 1 is 1.39 bits per heavy atom. The maximum absolute atomic E-state index is 13.5. The molecule has 2 rings (SSSR count). The fraction of sp³-hybridized carbons (Fsp3) is 0.565. The number of phenolic OH excluding ortho intramolecular Hbond substituents is 1. The van der Waals surface area contributed by atoms with Crippen molar-refractivity contribution in [3.63, 3.8) is 0 Å². The van der Waals surface area contributed by atoms with E-state index in [1.807, 2.05) is 27.7 Å². The molecule has 1 aliphatic heterocycles. The zero-order valence-corrected chi connectivity index (χ0v) is 18.7. The van der Waals surface area contributed by atoms with Crippen molar-refractivity contribution < 1.29 is 28.9 Å². The number of hydrogen-bond acceptors (Lipinski definition) is 6. The molecule has 1 aromatic carbocycles. The molecule has 1 aliphatic rings. The number of hydrogen-bond donors (Lipinski definition) is 3. The number of nitrogens with zero attached hydrogens (tertiary/aromatic N) is 1. The van der Waals surface area contributed by atoms with Crippen LogP contribution >= 0.6 is 0 Å². The maximum atomic E-state index is 13.5. The summed E-state index contributed by atoms with van der Waals surface area (Å²) in [5.74, 6) is -2.22. The second-order valence-corrected chi connectivity index (χ2v) is 9.31. The van der Waals surface area contributed by atoms with Crippen molar-refractivity contribution >= 4 is 17.4 Å². The number of rotatable bonds is 8. The van der Waals surface area contributed by atoms with Crippen LogP contribution in [0.25, 0.3) is 5.70 Å². The molecule has 31 heavy (non-hydrogen) atoms. The van der Waals surface area contributed by atoms with Gasteiger partial charge in [-0.1, -0.05) is 27.7 Å². The quantitative estimate of drug-likeness (QED) is 0.537. The van der Waals surface area contributed by atoms with Gasteiger partial charge < -0.3 is 20.7 Å².